The highest BCUT2D eigenvalue weighted by atomic mass is 16.3. The van der Waals surface area contributed by atoms with Gasteiger partial charge in [0.25, 0.3) is 5.91 Å². The minimum Gasteiger partial charge on any atom is -0.507 e. The van der Waals surface area contributed by atoms with Gasteiger partial charge in [-0.2, -0.15) is 5.10 Å². The summed E-state index contributed by atoms with van der Waals surface area (Å²) in [6, 6.07) is 14.2. The highest BCUT2D eigenvalue weighted by Crippen LogP contribution is 2.32. The molecule has 6 rings (SSSR count). The van der Waals surface area contributed by atoms with Gasteiger partial charge >= 0.3 is 0 Å². The van der Waals surface area contributed by atoms with Crippen molar-refractivity contribution in [1.82, 2.24) is 40.1 Å². The number of hydrogen-bond acceptors (Lipinski definition) is 11. The SMILES string of the molecule is C[C@H]1CN(c2cc(-c3ccccc3O)nnc2N)CCN1c1ccnc(C#CCNC(=O)c2cc3ncccn3n2)n1. The maximum Gasteiger partial charge on any atom is 0.272 e. The Morgan fingerprint density at radius 3 is 2.83 bits per heavy atom. The first-order valence-corrected chi connectivity index (χ1v) is 13.3. The van der Waals surface area contributed by atoms with Crippen LogP contribution in [0.4, 0.5) is 17.3 Å². The minimum absolute atomic E-state index is 0.0924. The number of fused-ring (bicyclic) bond motifs is 1. The number of carbonyl (C=O) groups excluding carboxylic acids is 1. The zero-order valence-electron chi connectivity index (χ0n) is 22.7. The highest BCUT2D eigenvalue weighted by molar-refractivity contribution is 5.93. The number of nitrogens with zero attached hydrogens (tertiary/aromatic N) is 9. The fourth-order valence-corrected chi connectivity index (χ4v) is 4.83. The lowest BCUT2D eigenvalue weighted by atomic mass is 10.1. The molecule has 13 nitrogen and oxygen atoms in total. The molecule has 5 aromatic rings. The van der Waals surface area contributed by atoms with E-state index in [2.05, 4.69) is 64.1 Å². The van der Waals surface area contributed by atoms with Crippen LogP contribution in [0, 0.1) is 11.8 Å². The third-order valence-electron chi connectivity index (χ3n) is 6.89. The van der Waals surface area contributed by atoms with E-state index < -0.39 is 0 Å². The molecule has 210 valence electrons. The number of hydrogen-bond donors (Lipinski definition) is 3. The van der Waals surface area contributed by atoms with Gasteiger partial charge in [0.15, 0.2) is 17.2 Å². The Bertz CT molecular complexity index is 1790. The molecule has 5 heterocycles. The predicted molar refractivity (Wildman–Crippen MR) is 157 cm³/mol. The number of nitrogen functional groups attached to an aromatic ring is 1. The summed E-state index contributed by atoms with van der Waals surface area (Å²) in [7, 11) is 0. The summed E-state index contributed by atoms with van der Waals surface area (Å²) in [5.41, 5.74) is 8.99. The number of benzene rings is 1. The number of phenolic OH excluding ortho intramolecular Hbond substituents is 1. The maximum atomic E-state index is 12.4. The average molecular weight is 562 g/mol. The van der Waals surface area contributed by atoms with E-state index in [0.29, 0.717) is 48.2 Å². The number of aromatic nitrogens is 7. The van der Waals surface area contributed by atoms with Gasteiger partial charge in [-0.15, -0.1) is 10.2 Å². The van der Waals surface area contributed by atoms with E-state index in [4.69, 9.17) is 5.73 Å². The van der Waals surface area contributed by atoms with Gasteiger partial charge in [-0.25, -0.2) is 19.5 Å². The molecule has 0 unspecified atom stereocenters. The summed E-state index contributed by atoms with van der Waals surface area (Å²) in [5, 5.41) is 25.5. The Labute approximate surface area is 241 Å². The van der Waals surface area contributed by atoms with Crippen LogP contribution in [0.5, 0.6) is 5.75 Å². The summed E-state index contributed by atoms with van der Waals surface area (Å²) in [5.74, 6) is 7.09. The van der Waals surface area contributed by atoms with Crippen molar-refractivity contribution in [2.45, 2.75) is 13.0 Å². The van der Waals surface area contributed by atoms with Crippen molar-refractivity contribution in [3.63, 3.8) is 0 Å². The number of anilines is 3. The standard InChI is InChI=1S/C29H27N11O2/c1-19-18-38(23-16-21(35-36-28(23)30)20-6-2-3-7-24(20)41)14-15-39(19)26-9-12-31-25(34-26)8-4-10-33-29(42)22-17-27-32-11-5-13-40(27)37-22/h2-3,5-7,9,11-13,16-17,19,41H,10,14-15,18H2,1H3,(H2,30,36)(H,33,42)/t19-/m0/s1. The minimum atomic E-state index is -0.339. The Balaban J connectivity index is 1.09. The van der Waals surface area contributed by atoms with Crippen LogP contribution in [-0.2, 0) is 0 Å². The predicted octanol–water partition coefficient (Wildman–Crippen LogP) is 1.76. The second-order valence-electron chi connectivity index (χ2n) is 9.68. The molecule has 42 heavy (non-hydrogen) atoms. The highest BCUT2D eigenvalue weighted by Gasteiger charge is 2.27. The van der Waals surface area contributed by atoms with Gasteiger partial charge in [-0.1, -0.05) is 18.1 Å². The Morgan fingerprint density at radius 1 is 1.12 bits per heavy atom. The van der Waals surface area contributed by atoms with Crippen molar-refractivity contribution < 1.29 is 9.90 Å². The number of amides is 1. The number of rotatable bonds is 5. The Hall–Kier alpha value is -5.77. The van der Waals surface area contributed by atoms with Crippen LogP contribution < -0.4 is 20.9 Å². The summed E-state index contributed by atoms with van der Waals surface area (Å²) in [6.07, 6.45) is 5.04. The van der Waals surface area contributed by atoms with Crippen molar-refractivity contribution in [1.29, 1.82) is 0 Å². The molecule has 0 aliphatic carbocycles. The molecule has 0 spiro atoms. The molecule has 1 amide bonds. The molecule has 1 saturated heterocycles. The molecule has 13 heteroatoms. The molecular weight excluding hydrogens is 534 g/mol. The van der Waals surface area contributed by atoms with Gasteiger partial charge in [0.1, 0.15) is 11.6 Å². The lowest BCUT2D eigenvalue weighted by Crippen LogP contribution is -2.52. The normalized spacial score (nSPS) is 14.8. The maximum absolute atomic E-state index is 12.4. The number of phenols is 1. The topological polar surface area (TPSA) is 164 Å². The van der Waals surface area contributed by atoms with Crippen LogP contribution in [-0.4, -0.2) is 78.0 Å². The van der Waals surface area contributed by atoms with Gasteiger partial charge in [-0.05, 0) is 43.2 Å². The van der Waals surface area contributed by atoms with Gasteiger partial charge in [-0.3, -0.25) is 4.79 Å². The molecule has 0 saturated carbocycles. The fraction of sp³-hybridized carbons (Fsp3) is 0.207. The molecular formula is C29H27N11O2. The number of nitrogens with two attached hydrogens (primary N) is 1. The fourth-order valence-electron chi connectivity index (χ4n) is 4.83. The van der Waals surface area contributed by atoms with E-state index in [0.717, 1.165) is 11.5 Å². The van der Waals surface area contributed by atoms with Gasteiger partial charge in [0.2, 0.25) is 5.82 Å². The lowest BCUT2D eigenvalue weighted by Gasteiger charge is -2.41. The smallest absolute Gasteiger partial charge is 0.272 e. The van der Waals surface area contributed by atoms with Crippen molar-refractivity contribution in [3.05, 3.63) is 78.6 Å². The third kappa shape index (κ3) is 5.46. The van der Waals surface area contributed by atoms with Crippen LogP contribution >= 0.6 is 0 Å². The van der Waals surface area contributed by atoms with Gasteiger partial charge in [0, 0.05) is 55.9 Å². The molecule has 0 radical (unpaired) electrons. The zero-order valence-corrected chi connectivity index (χ0v) is 22.7. The summed E-state index contributed by atoms with van der Waals surface area (Å²) < 4.78 is 1.54. The molecule has 1 atom stereocenters. The number of aromatic hydroxyl groups is 1. The molecule has 4 N–H and O–H groups in total. The molecule has 1 aliphatic heterocycles. The summed E-state index contributed by atoms with van der Waals surface area (Å²) >= 11 is 0. The van der Waals surface area contributed by atoms with E-state index >= 15 is 0 Å². The van der Waals surface area contributed by atoms with Crippen LogP contribution in [0.15, 0.2) is 67.1 Å². The molecule has 1 aromatic carbocycles. The molecule has 1 fully saturated rings. The van der Waals surface area contributed by atoms with Crippen molar-refractivity contribution in [3.8, 4) is 28.8 Å². The number of para-hydroxylation sites is 1. The number of piperazine rings is 1. The lowest BCUT2D eigenvalue weighted by molar-refractivity contribution is 0.0953. The third-order valence-corrected chi connectivity index (χ3v) is 6.89. The van der Waals surface area contributed by atoms with Crippen LogP contribution in [0.2, 0.25) is 0 Å². The quantitative estimate of drug-likeness (QED) is 0.268. The first-order valence-electron chi connectivity index (χ1n) is 13.3. The van der Waals surface area contributed by atoms with Crippen molar-refractivity contribution in [2.24, 2.45) is 0 Å². The molecule has 1 aliphatic rings. The first-order chi connectivity index (χ1) is 20.5. The van der Waals surface area contributed by atoms with Gasteiger partial charge in [0.05, 0.1) is 17.9 Å². The van der Waals surface area contributed by atoms with Crippen LogP contribution in [0.25, 0.3) is 16.9 Å². The second-order valence-corrected chi connectivity index (χ2v) is 9.68. The number of carbonyl (C=O) groups is 1. The molecule has 0 bridgehead atoms. The van der Waals surface area contributed by atoms with Gasteiger partial charge < -0.3 is 26.0 Å². The Kier molecular flexibility index (Phi) is 7.17. The van der Waals surface area contributed by atoms with Crippen molar-refractivity contribution in [2.75, 3.05) is 41.7 Å². The zero-order chi connectivity index (χ0) is 29.1. The number of nitrogens with one attached hydrogen (secondary N) is 1. The first kappa shape index (κ1) is 26.5. The second kappa shape index (κ2) is 11.4. The van der Waals surface area contributed by atoms with E-state index in [1.807, 2.05) is 18.2 Å². The van der Waals surface area contributed by atoms with E-state index in [-0.39, 0.29) is 29.9 Å². The van der Waals surface area contributed by atoms with E-state index in [1.165, 1.54) is 4.52 Å². The monoisotopic (exact) mass is 561 g/mol. The van der Waals surface area contributed by atoms with Crippen LogP contribution in [0.1, 0.15) is 23.2 Å². The summed E-state index contributed by atoms with van der Waals surface area (Å²) in [6.45, 7) is 4.26. The Morgan fingerprint density at radius 2 is 2.00 bits per heavy atom. The van der Waals surface area contributed by atoms with E-state index in [9.17, 15) is 9.90 Å². The van der Waals surface area contributed by atoms with E-state index in [1.54, 1.807) is 48.9 Å². The average Bonchev–Trinajstić information content (AvgIpc) is 3.45. The largest absolute Gasteiger partial charge is 0.507 e. The van der Waals surface area contributed by atoms with Crippen molar-refractivity contribution >= 4 is 28.9 Å². The van der Waals surface area contributed by atoms with Crippen LogP contribution in [0.3, 0.4) is 0 Å². The molecule has 4 aromatic heterocycles. The summed E-state index contributed by atoms with van der Waals surface area (Å²) in [4.78, 5) is 29.9.